The molecular weight excluding hydrogens is 252 g/mol. The Bertz CT molecular complexity index is 691. The number of rotatable bonds is 5. The molecule has 0 amide bonds. The maximum Gasteiger partial charge on any atom is 0.226 e. The molecule has 20 heavy (non-hydrogen) atoms. The summed E-state index contributed by atoms with van der Waals surface area (Å²) in [4.78, 5) is 15.5. The molecule has 3 rings (SSSR count). The first-order valence-corrected chi connectivity index (χ1v) is 6.57. The van der Waals surface area contributed by atoms with E-state index in [2.05, 4.69) is 49.5 Å². The van der Waals surface area contributed by atoms with Crippen LogP contribution in [0.2, 0.25) is 0 Å². The summed E-state index contributed by atoms with van der Waals surface area (Å²) in [5, 5.41) is 3.18. The molecule has 0 unspecified atom stereocenters. The smallest absolute Gasteiger partial charge is 0.226 e. The van der Waals surface area contributed by atoms with Gasteiger partial charge in [0.2, 0.25) is 5.95 Å². The maximum absolute atomic E-state index is 5.83. The van der Waals surface area contributed by atoms with Crippen molar-refractivity contribution in [3.63, 3.8) is 0 Å². The number of nitrogen functional groups attached to an aromatic ring is 1. The molecule has 2 aromatic heterocycles. The van der Waals surface area contributed by atoms with Gasteiger partial charge in [-0.2, -0.15) is 9.97 Å². The predicted molar refractivity (Wildman–Crippen MR) is 79.3 cm³/mol. The second kappa shape index (κ2) is 5.56. The number of fused-ring (bicyclic) bond motifs is 1. The van der Waals surface area contributed by atoms with Gasteiger partial charge in [0.05, 0.1) is 6.33 Å². The van der Waals surface area contributed by atoms with Crippen LogP contribution >= 0.6 is 0 Å². The Morgan fingerprint density at radius 3 is 2.85 bits per heavy atom. The summed E-state index contributed by atoms with van der Waals surface area (Å²) >= 11 is 0. The molecule has 0 spiro atoms. The lowest BCUT2D eigenvalue weighted by Crippen LogP contribution is -2.08. The van der Waals surface area contributed by atoms with Gasteiger partial charge in [-0.3, -0.25) is 0 Å². The molecule has 0 radical (unpaired) electrons. The highest BCUT2D eigenvalue weighted by Crippen LogP contribution is 2.15. The Balaban J connectivity index is 1.57. The van der Waals surface area contributed by atoms with Crippen molar-refractivity contribution in [3.8, 4) is 0 Å². The van der Waals surface area contributed by atoms with Crippen LogP contribution in [0.5, 0.6) is 0 Å². The molecule has 102 valence electrons. The number of imidazole rings is 1. The number of aromatic amines is 1. The standard InChI is InChI=1S/C14H16N6/c15-12-11-13(18-9-17-11)20-14(19-12)16-8-4-7-10-5-2-1-3-6-10/h1-3,5-6,9H,4,7-8H2,(H4,15,16,17,18,19,20). The van der Waals surface area contributed by atoms with Crippen LogP contribution in [0.3, 0.4) is 0 Å². The van der Waals surface area contributed by atoms with Crippen LogP contribution in [0.4, 0.5) is 11.8 Å². The summed E-state index contributed by atoms with van der Waals surface area (Å²) in [6.45, 7) is 0.796. The second-order valence-electron chi connectivity index (χ2n) is 4.55. The number of H-pyrrole nitrogens is 1. The molecule has 0 saturated carbocycles. The van der Waals surface area contributed by atoms with Crippen LogP contribution in [0.25, 0.3) is 11.2 Å². The summed E-state index contributed by atoms with van der Waals surface area (Å²) in [7, 11) is 0. The average Bonchev–Trinajstić information content (AvgIpc) is 2.94. The van der Waals surface area contributed by atoms with Crippen molar-refractivity contribution >= 4 is 22.9 Å². The lowest BCUT2D eigenvalue weighted by atomic mass is 10.1. The van der Waals surface area contributed by atoms with E-state index in [1.54, 1.807) is 6.33 Å². The van der Waals surface area contributed by atoms with Crippen molar-refractivity contribution in [2.75, 3.05) is 17.6 Å². The molecule has 1 aromatic carbocycles. The Labute approximate surface area is 116 Å². The molecule has 2 heterocycles. The van der Waals surface area contributed by atoms with E-state index >= 15 is 0 Å². The number of nitrogens with zero attached hydrogens (tertiary/aromatic N) is 3. The first-order valence-electron chi connectivity index (χ1n) is 6.57. The van der Waals surface area contributed by atoms with E-state index < -0.39 is 0 Å². The lowest BCUT2D eigenvalue weighted by Gasteiger charge is -2.05. The van der Waals surface area contributed by atoms with E-state index in [1.165, 1.54) is 5.56 Å². The number of aryl methyl sites for hydroxylation is 1. The topological polar surface area (TPSA) is 92.5 Å². The molecule has 0 saturated heterocycles. The van der Waals surface area contributed by atoms with Gasteiger partial charge < -0.3 is 16.0 Å². The monoisotopic (exact) mass is 268 g/mol. The minimum atomic E-state index is 0.415. The van der Waals surface area contributed by atoms with Crippen molar-refractivity contribution in [2.24, 2.45) is 0 Å². The van der Waals surface area contributed by atoms with Crippen molar-refractivity contribution in [1.82, 2.24) is 19.9 Å². The fourth-order valence-electron chi connectivity index (χ4n) is 2.07. The van der Waals surface area contributed by atoms with Crippen LogP contribution in [-0.2, 0) is 6.42 Å². The molecule has 3 aromatic rings. The van der Waals surface area contributed by atoms with Crippen LogP contribution < -0.4 is 11.1 Å². The van der Waals surface area contributed by atoms with Crippen molar-refractivity contribution < 1.29 is 0 Å². The summed E-state index contributed by atoms with van der Waals surface area (Å²) in [6, 6.07) is 10.4. The van der Waals surface area contributed by atoms with E-state index in [0.29, 0.717) is 22.9 Å². The fourth-order valence-corrected chi connectivity index (χ4v) is 2.07. The SMILES string of the molecule is Nc1nc(NCCCc2ccccc2)nc2nc[nH]c12. The number of nitrogens with two attached hydrogens (primary N) is 1. The molecule has 0 bridgehead atoms. The molecule has 6 nitrogen and oxygen atoms in total. The van der Waals surface area contributed by atoms with Gasteiger partial charge in [0.1, 0.15) is 5.52 Å². The zero-order valence-corrected chi connectivity index (χ0v) is 11.0. The average molecular weight is 268 g/mol. The number of nitrogens with one attached hydrogen (secondary N) is 2. The second-order valence-corrected chi connectivity index (χ2v) is 4.55. The summed E-state index contributed by atoms with van der Waals surface area (Å²) in [6.07, 6.45) is 3.59. The van der Waals surface area contributed by atoms with E-state index in [1.807, 2.05) is 6.07 Å². The number of hydrogen-bond donors (Lipinski definition) is 3. The van der Waals surface area contributed by atoms with Gasteiger partial charge in [0.15, 0.2) is 11.5 Å². The molecule has 6 heteroatoms. The van der Waals surface area contributed by atoms with E-state index in [0.717, 1.165) is 19.4 Å². The molecule has 0 aliphatic carbocycles. The maximum atomic E-state index is 5.83. The van der Waals surface area contributed by atoms with Gasteiger partial charge >= 0.3 is 0 Å². The largest absolute Gasteiger partial charge is 0.382 e. The van der Waals surface area contributed by atoms with Gasteiger partial charge in [-0.1, -0.05) is 30.3 Å². The summed E-state index contributed by atoms with van der Waals surface area (Å²) < 4.78 is 0. The zero-order valence-electron chi connectivity index (χ0n) is 11.0. The quantitative estimate of drug-likeness (QED) is 0.615. The molecule has 0 aliphatic rings. The normalized spacial score (nSPS) is 10.8. The number of aromatic nitrogens is 4. The van der Waals surface area contributed by atoms with Crippen LogP contribution in [-0.4, -0.2) is 26.5 Å². The van der Waals surface area contributed by atoms with Crippen molar-refractivity contribution in [3.05, 3.63) is 42.2 Å². The van der Waals surface area contributed by atoms with Gasteiger partial charge in [-0.05, 0) is 18.4 Å². The molecule has 0 aliphatic heterocycles. The minimum absolute atomic E-state index is 0.415. The number of benzene rings is 1. The van der Waals surface area contributed by atoms with Crippen LogP contribution in [0.15, 0.2) is 36.7 Å². The minimum Gasteiger partial charge on any atom is -0.382 e. The van der Waals surface area contributed by atoms with E-state index in [9.17, 15) is 0 Å². The Kier molecular flexibility index (Phi) is 3.45. The highest BCUT2D eigenvalue weighted by Gasteiger charge is 2.06. The van der Waals surface area contributed by atoms with Gasteiger partial charge in [0, 0.05) is 6.54 Å². The van der Waals surface area contributed by atoms with Crippen LogP contribution in [0, 0.1) is 0 Å². The third-order valence-corrected chi connectivity index (χ3v) is 3.08. The molecule has 0 atom stereocenters. The number of anilines is 2. The van der Waals surface area contributed by atoms with Gasteiger partial charge in [-0.15, -0.1) is 0 Å². The Hall–Kier alpha value is -2.63. The molecule has 0 fully saturated rings. The van der Waals surface area contributed by atoms with E-state index in [-0.39, 0.29) is 0 Å². The summed E-state index contributed by atoms with van der Waals surface area (Å²) in [5.41, 5.74) is 8.43. The van der Waals surface area contributed by atoms with Crippen LogP contribution in [0.1, 0.15) is 12.0 Å². The summed E-state index contributed by atoms with van der Waals surface area (Å²) in [5.74, 6) is 0.938. The highest BCUT2D eigenvalue weighted by atomic mass is 15.2. The predicted octanol–water partition coefficient (Wildman–Crippen LogP) is 1.98. The Morgan fingerprint density at radius 1 is 1.15 bits per heavy atom. The van der Waals surface area contributed by atoms with Gasteiger partial charge in [0.25, 0.3) is 0 Å². The first-order chi connectivity index (χ1) is 9.83. The van der Waals surface area contributed by atoms with Gasteiger partial charge in [-0.25, -0.2) is 4.98 Å². The highest BCUT2D eigenvalue weighted by molar-refractivity contribution is 5.82. The third-order valence-electron chi connectivity index (χ3n) is 3.08. The third kappa shape index (κ3) is 2.69. The number of hydrogen-bond acceptors (Lipinski definition) is 5. The van der Waals surface area contributed by atoms with E-state index in [4.69, 9.17) is 5.73 Å². The fraction of sp³-hybridized carbons (Fsp3) is 0.214. The van der Waals surface area contributed by atoms with Crippen molar-refractivity contribution in [2.45, 2.75) is 12.8 Å². The zero-order chi connectivity index (χ0) is 13.8. The molecule has 4 N–H and O–H groups in total. The molecular formula is C14H16N6. The van der Waals surface area contributed by atoms with Crippen molar-refractivity contribution in [1.29, 1.82) is 0 Å². The first kappa shape index (κ1) is 12.4. The lowest BCUT2D eigenvalue weighted by molar-refractivity contribution is 0.854. The Morgan fingerprint density at radius 2 is 2.00 bits per heavy atom.